The van der Waals surface area contributed by atoms with Gasteiger partial charge in [-0.25, -0.2) is 0 Å². The summed E-state index contributed by atoms with van der Waals surface area (Å²) in [5.41, 5.74) is 0.583. The molecule has 0 radical (unpaired) electrons. The van der Waals surface area contributed by atoms with Gasteiger partial charge in [0.25, 0.3) is 5.91 Å². The minimum Gasteiger partial charge on any atom is -0.394 e. The Hall–Kier alpha value is -1.51. The number of ether oxygens (including phenoxy) is 2. The summed E-state index contributed by atoms with van der Waals surface area (Å²) < 4.78 is 11.2. The van der Waals surface area contributed by atoms with Gasteiger partial charge in [-0.3, -0.25) is 9.69 Å². The van der Waals surface area contributed by atoms with Crippen molar-refractivity contribution in [1.82, 2.24) is 10.2 Å². The van der Waals surface area contributed by atoms with Crippen LogP contribution in [0.25, 0.3) is 0 Å². The second-order valence-corrected chi connectivity index (χ2v) is 6.94. The summed E-state index contributed by atoms with van der Waals surface area (Å²) in [6.45, 7) is 1.47. The van der Waals surface area contributed by atoms with Crippen LogP contribution >= 0.6 is 0 Å². The van der Waals surface area contributed by atoms with Gasteiger partial charge in [0.2, 0.25) is 0 Å². The van der Waals surface area contributed by atoms with Crippen molar-refractivity contribution in [2.24, 2.45) is 0 Å². The molecule has 3 rings (SSSR count). The summed E-state index contributed by atoms with van der Waals surface area (Å²) in [4.78, 5) is 14.5. The normalized spacial score (nSPS) is 32.0. The molecule has 2 aliphatic rings. The molecule has 3 N–H and O–H groups in total. The smallest absolute Gasteiger partial charge is 0.251 e. The third-order valence-electron chi connectivity index (χ3n) is 5.31. The van der Waals surface area contributed by atoms with Crippen molar-refractivity contribution >= 4 is 5.91 Å². The first kappa shape index (κ1) is 19.3. The van der Waals surface area contributed by atoms with Gasteiger partial charge in [-0.2, -0.15) is 0 Å². The van der Waals surface area contributed by atoms with Crippen LogP contribution in [-0.4, -0.2) is 84.8 Å². The first-order valence-electron chi connectivity index (χ1n) is 9.18. The average molecular weight is 364 g/mol. The minimum atomic E-state index is -0.795. The van der Waals surface area contributed by atoms with E-state index in [0.717, 1.165) is 19.4 Å². The van der Waals surface area contributed by atoms with Crippen LogP contribution in [0.4, 0.5) is 0 Å². The van der Waals surface area contributed by atoms with E-state index in [4.69, 9.17) is 9.47 Å². The fourth-order valence-corrected chi connectivity index (χ4v) is 4.06. The molecule has 1 aromatic carbocycles. The van der Waals surface area contributed by atoms with Crippen LogP contribution in [0, 0.1) is 0 Å². The van der Waals surface area contributed by atoms with E-state index < -0.39 is 12.2 Å². The lowest BCUT2D eigenvalue weighted by atomic mass is 10.0. The van der Waals surface area contributed by atoms with E-state index >= 15 is 0 Å². The molecule has 5 atom stereocenters. The SMILES string of the molecule is COC[C@@H]1CCCN1[C@H]1[C@H](O)[C@H](CO)O[C@@H]1CNC(=O)c1ccccc1. The van der Waals surface area contributed by atoms with E-state index in [0.29, 0.717) is 12.2 Å². The van der Waals surface area contributed by atoms with Crippen molar-refractivity contribution < 1.29 is 24.5 Å². The van der Waals surface area contributed by atoms with Gasteiger partial charge < -0.3 is 25.0 Å². The Labute approximate surface area is 153 Å². The first-order chi connectivity index (χ1) is 12.7. The maximum Gasteiger partial charge on any atom is 0.251 e. The van der Waals surface area contributed by atoms with Crippen molar-refractivity contribution in [3.63, 3.8) is 0 Å². The third kappa shape index (κ3) is 4.07. The number of hydrogen-bond donors (Lipinski definition) is 3. The Morgan fingerprint density at radius 2 is 2.12 bits per heavy atom. The molecule has 1 amide bonds. The van der Waals surface area contributed by atoms with Crippen LogP contribution < -0.4 is 5.32 Å². The maximum absolute atomic E-state index is 12.3. The van der Waals surface area contributed by atoms with E-state index in [2.05, 4.69) is 10.2 Å². The number of carbonyl (C=O) groups is 1. The van der Waals surface area contributed by atoms with Gasteiger partial charge in [0.05, 0.1) is 25.4 Å². The number of aliphatic hydroxyl groups excluding tert-OH is 2. The zero-order valence-corrected chi connectivity index (χ0v) is 15.1. The molecule has 0 saturated carbocycles. The number of nitrogens with zero attached hydrogens (tertiary/aromatic N) is 1. The summed E-state index contributed by atoms with van der Waals surface area (Å²) in [6, 6.07) is 8.94. The lowest BCUT2D eigenvalue weighted by molar-refractivity contribution is -0.0209. The van der Waals surface area contributed by atoms with E-state index in [9.17, 15) is 15.0 Å². The zero-order chi connectivity index (χ0) is 18.5. The lowest BCUT2D eigenvalue weighted by Gasteiger charge is -2.34. The molecular weight excluding hydrogens is 336 g/mol. The largest absolute Gasteiger partial charge is 0.394 e. The molecule has 0 aromatic heterocycles. The second kappa shape index (κ2) is 8.92. The molecular formula is C19H28N2O5. The highest BCUT2D eigenvalue weighted by Gasteiger charge is 2.48. The highest BCUT2D eigenvalue weighted by molar-refractivity contribution is 5.94. The zero-order valence-electron chi connectivity index (χ0n) is 15.1. The van der Waals surface area contributed by atoms with Crippen molar-refractivity contribution in [2.45, 2.75) is 43.2 Å². The quantitative estimate of drug-likeness (QED) is 0.632. The van der Waals surface area contributed by atoms with Crippen LogP contribution in [0.5, 0.6) is 0 Å². The number of amides is 1. The second-order valence-electron chi connectivity index (χ2n) is 6.94. The van der Waals surface area contributed by atoms with Crippen molar-refractivity contribution in [3.8, 4) is 0 Å². The Balaban J connectivity index is 1.68. The fraction of sp³-hybridized carbons (Fsp3) is 0.632. The standard InChI is InChI=1S/C19H28N2O5/c1-25-12-14-8-5-9-21(14)17-15(26-16(11-22)18(17)23)10-20-19(24)13-6-3-2-4-7-13/h2-4,6-7,14-18,22-23H,5,8-12H2,1H3,(H,20,24)/t14-,15+,16-,17+,18+/m0/s1. The predicted octanol–water partition coefficient (Wildman–Crippen LogP) is 0.0164. The molecule has 0 spiro atoms. The van der Waals surface area contributed by atoms with Gasteiger partial charge in [0, 0.05) is 25.3 Å². The van der Waals surface area contributed by atoms with Crippen LogP contribution in [0.15, 0.2) is 30.3 Å². The summed E-state index contributed by atoms with van der Waals surface area (Å²) in [7, 11) is 1.67. The number of likely N-dealkylation sites (tertiary alicyclic amines) is 1. The van der Waals surface area contributed by atoms with Crippen LogP contribution in [-0.2, 0) is 9.47 Å². The van der Waals surface area contributed by atoms with Gasteiger partial charge in [-0.15, -0.1) is 0 Å². The van der Waals surface area contributed by atoms with Gasteiger partial charge >= 0.3 is 0 Å². The maximum atomic E-state index is 12.3. The molecule has 144 valence electrons. The molecule has 0 aliphatic carbocycles. The first-order valence-corrected chi connectivity index (χ1v) is 9.18. The number of benzene rings is 1. The summed E-state index contributed by atoms with van der Waals surface area (Å²) in [6.07, 6.45) is 0.222. The number of aliphatic hydroxyl groups is 2. The third-order valence-corrected chi connectivity index (χ3v) is 5.31. The predicted molar refractivity (Wildman–Crippen MR) is 95.9 cm³/mol. The number of carbonyl (C=O) groups excluding carboxylic acids is 1. The van der Waals surface area contributed by atoms with Gasteiger partial charge in [0.1, 0.15) is 12.2 Å². The monoisotopic (exact) mass is 364 g/mol. The van der Waals surface area contributed by atoms with Crippen LogP contribution in [0.1, 0.15) is 23.2 Å². The van der Waals surface area contributed by atoms with Gasteiger partial charge in [-0.1, -0.05) is 18.2 Å². The van der Waals surface area contributed by atoms with E-state index in [1.165, 1.54) is 0 Å². The van der Waals surface area contributed by atoms with Crippen LogP contribution in [0.2, 0.25) is 0 Å². The number of methoxy groups -OCH3 is 1. The Morgan fingerprint density at radius 1 is 1.35 bits per heavy atom. The molecule has 2 heterocycles. The number of hydrogen-bond acceptors (Lipinski definition) is 6. The van der Waals surface area contributed by atoms with Crippen molar-refractivity contribution in [2.75, 3.05) is 33.4 Å². The van der Waals surface area contributed by atoms with E-state index in [1.54, 1.807) is 19.2 Å². The molecule has 7 heteroatoms. The van der Waals surface area contributed by atoms with Crippen molar-refractivity contribution in [1.29, 1.82) is 0 Å². The number of nitrogens with one attached hydrogen (secondary N) is 1. The van der Waals surface area contributed by atoms with Crippen molar-refractivity contribution in [3.05, 3.63) is 35.9 Å². The molecule has 0 bridgehead atoms. The molecule has 2 saturated heterocycles. The van der Waals surface area contributed by atoms with Gasteiger partial charge in [-0.05, 0) is 31.5 Å². The summed E-state index contributed by atoms with van der Waals surface area (Å²) >= 11 is 0. The highest BCUT2D eigenvalue weighted by atomic mass is 16.5. The lowest BCUT2D eigenvalue weighted by Crippen LogP contribution is -2.53. The Bertz CT molecular complexity index is 585. The summed E-state index contributed by atoms with van der Waals surface area (Å²) in [5, 5.41) is 23.1. The fourth-order valence-electron chi connectivity index (χ4n) is 4.06. The Morgan fingerprint density at radius 3 is 2.81 bits per heavy atom. The minimum absolute atomic E-state index is 0.176. The van der Waals surface area contributed by atoms with Gasteiger partial charge in [0.15, 0.2) is 0 Å². The molecule has 26 heavy (non-hydrogen) atoms. The highest BCUT2D eigenvalue weighted by Crippen LogP contribution is 2.31. The average Bonchev–Trinajstić information content (AvgIpc) is 3.24. The molecule has 0 unspecified atom stereocenters. The molecule has 2 fully saturated rings. The van der Waals surface area contributed by atoms with E-state index in [1.807, 2.05) is 18.2 Å². The number of rotatable bonds is 7. The summed E-state index contributed by atoms with van der Waals surface area (Å²) in [5.74, 6) is -0.176. The topological polar surface area (TPSA) is 91.3 Å². The molecule has 7 nitrogen and oxygen atoms in total. The molecule has 1 aromatic rings. The van der Waals surface area contributed by atoms with Crippen LogP contribution in [0.3, 0.4) is 0 Å². The Kier molecular flexibility index (Phi) is 6.61. The molecule has 2 aliphatic heterocycles. The van der Waals surface area contributed by atoms with E-state index in [-0.39, 0.29) is 37.2 Å².